The van der Waals surface area contributed by atoms with E-state index < -0.39 is 0 Å². The molecule has 0 atom stereocenters. The molecule has 2 rings (SSSR count). The molecule has 4 heteroatoms. The van der Waals surface area contributed by atoms with E-state index in [1.54, 1.807) is 0 Å². The van der Waals surface area contributed by atoms with Gasteiger partial charge in [-0.2, -0.15) is 0 Å². The lowest BCUT2D eigenvalue weighted by atomic mass is 10.1. The fourth-order valence-electron chi connectivity index (χ4n) is 2.92. The zero-order valence-electron chi connectivity index (χ0n) is 17.6. The molecule has 0 aromatic heterocycles. The molecule has 2 aromatic carbocycles. The first-order valence-electron chi connectivity index (χ1n) is 10.8. The minimum absolute atomic E-state index is 0.137. The Morgan fingerprint density at radius 1 is 0.600 bits per heavy atom. The fourth-order valence-corrected chi connectivity index (χ4v) is 2.92. The molecule has 0 unspecified atom stereocenters. The topological polar surface area (TPSA) is 52.6 Å². The van der Waals surface area contributed by atoms with Crippen molar-refractivity contribution in [3.63, 3.8) is 0 Å². The van der Waals surface area contributed by atoms with Crippen LogP contribution in [0.3, 0.4) is 0 Å². The van der Waals surface area contributed by atoms with Crippen LogP contribution < -0.4 is 0 Å². The van der Waals surface area contributed by atoms with Crippen LogP contribution in [0.4, 0.5) is 0 Å². The highest BCUT2D eigenvalue weighted by atomic mass is 16.5. The van der Waals surface area contributed by atoms with Crippen LogP contribution in [-0.2, 0) is 32.3 Å². The monoisotopic (exact) mass is 408 g/mol. The number of unbranched alkanes of at least 4 members (excludes halogenated alkanes) is 4. The Bertz CT molecular complexity index is 688. The van der Waals surface area contributed by atoms with Crippen molar-refractivity contribution in [2.75, 3.05) is 0 Å². The Morgan fingerprint density at radius 2 is 1.00 bits per heavy atom. The summed E-state index contributed by atoms with van der Waals surface area (Å²) in [5.41, 5.74) is 2.02. The Hall–Kier alpha value is -2.88. The molecule has 4 nitrogen and oxygen atoms in total. The Kier molecular flexibility index (Phi) is 11.7. The van der Waals surface area contributed by atoms with Crippen LogP contribution in [0.15, 0.2) is 72.8 Å². The van der Waals surface area contributed by atoms with Crippen molar-refractivity contribution < 1.29 is 19.1 Å². The number of benzene rings is 2. The number of allylic oxidation sites excluding steroid dienone is 2. The first kappa shape index (κ1) is 23.4. The molecular weight excluding hydrogens is 376 g/mol. The van der Waals surface area contributed by atoms with Crippen LogP contribution >= 0.6 is 0 Å². The standard InChI is InChI=1S/C26H32O4/c27-25(29-21-23-15-9-7-10-16-23)19-13-5-3-1-2-4-6-14-20-26(28)30-22-24-17-11-8-12-18-24/h1-2,7-12,15-18H,3-6,13-14,19-22H2/b2-1+. The van der Waals surface area contributed by atoms with Gasteiger partial charge in [0.25, 0.3) is 0 Å². The molecule has 0 bridgehead atoms. The maximum Gasteiger partial charge on any atom is 0.306 e. The number of hydrogen-bond donors (Lipinski definition) is 0. The summed E-state index contributed by atoms with van der Waals surface area (Å²) in [6.07, 6.45) is 10.8. The predicted octanol–water partition coefficient (Wildman–Crippen LogP) is 6.15. The van der Waals surface area contributed by atoms with Gasteiger partial charge in [0.1, 0.15) is 13.2 Å². The third-order valence-corrected chi connectivity index (χ3v) is 4.66. The molecule has 0 aliphatic heterocycles. The summed E-state index contributed by atoms with van der Waals surface area (Å²) >= 11 is 0. The quantitative estimate of drug-likeness (QED) is 0.214. The van der Waals surface area contributed by atoms with E-state index in [0.717, 1.165) is 49.7 Å². The molecule has 0 saturated heterocycles. The molecule has 0 heterocycles. The summed E-state index contributed by atoms with van der Waals surface area (Å²) in [4.78, 5) is 23.5. The highest BCUT2D eigenvalue weighted by molar-refractivity contribution is 5.69. The van der Waals surface area contributed by atoms with Gasteiger partial charge in [-0.05, 0) is 49.7 Å². The number of hydrogen-bond acceptors (Lipinski definition) is 4. The van der Waals surface area contributed by atoms with E-state index in [0.29, 0.717) is 26.1 Å². The summed E-state index contributed by atoms with van der Waals surface area (Å²) in [6, 6.07) is 19.4. The third-order valence-electron chi connectivity index (χ3n) is 4.66. The van der Waals surface area contributed by atoms with E-state index in [-0.39, 0.29) is 11.9 Å². The van der Waals surface area contributed by atoms with Gasteiger partial charge in [0.2, 0.25) is 0 Å². The van der Waals surface area contributed by atoms with Crippen LogP contribution in [0.2, 0.25) is 0 Å². The lowest BCUT2D eigenvalue weighted by Gasteiger charge is -2.04. The average molecular weight is 409 g/mol. The normalized spacial score (nSPS) is 10.8. The molecule has 160 valence electrons. The van der Waals surface area contributed by atoms with Crippen molar-refractivity contribution in [2.45, 2.75) is 64.6 Å². The number of carbonyl (C=O) groups is 2. The van der Waals surface area contributed by atoms with Crippen LogP contribution in [0, 0.1) is 0 Å². The van der Waals surface area contributed by atoms with E-state index in [9.17, 15) is 9.59 Å². The summed E-state index contributed by atoms with van der Waals surface area (Å²) in [5.74, 6) is -0.274. The minimum atomic E-state index is -0.137. The number of carbonyl (C=O) groups excluding carboxylic acids is 2. The number of rotatable bonds is 14. The lowest BCUT2D eigenvalue weighted by Crippen LogP contribution is -2.04. The molecule has 30 heavy (non-hydrogen) atoms. The minimum Gasteiger partial charge on any atom is -0.461 e. The van der Waals surface area contributed by atoms with Crippen molar-refractivity contribution in [3.8, 4) is 0 Å². The van der Waals surface area contributed by atoms with Gasteiger partial charge in [0.15, 0.2) is 0 Å². The van der Waals surface area contributed by atoms with Gasteiger partial charge in [-0.1, -0.05) is 72.8 Å². The second-order valence-corrected chi connectivity index (χ2v) is 7.26. The summed E-state index contributed by atoms with van der Waals surface area (Å²) in [7, 11) is 0. The zero-order valence-corrected chi connectivity index (χ0v) is 17.6. The van der Waals surface area contributed by atoms with Crippen LogP contribution in [0.5, 0.6) is 0 Å². The zero-order chi connectivity index (χ0) is 21.3. The average Bonchev–Trinajstić information content (AvgIpc) is 2.79. The Morgan fingerprint density at radius 3 is 1.40 bits per heavy atom. The molecule has 0 amide bonds. The van der Waals surface area contributed by atoms with Crippen LogP contribution in [0.1, 0.15) is 62.5 Å². The molecule has 0 saturated carbocycles. The highest BCUT2D eigenvalue weighted by Crippen LogP contribution is 2.08. The molecular formula is C26H32O4. The van der Waals surface area contributed by atoms with Gasteiger partial charge in [0, 0.05) is 12.8 Å². The van der Waals surface area contributed by atoms with Gasteiger partial charge in [-0.25, -0.2) is 0 Å². The molecule has 0 radical (unpaired) electrons. The maximum absolute atomic E-state index is 11.7. The molecule has 0 aliphatic rings. The van der Waals surface area contributed by atoms with Gasteiger partial charge < -0.3 is 9.47 Å². The molecule has 0 fully saturated rings. The van der Waals surface area contributed by atoms with E-state index >= 15 is 0 Å². The largest absolute Gasteiger partial charge is 0.461 e. The molecule has 0 aliphatic carbocycles. The highest BCUT2D eigenvalue weighted by Gasteiger charge is 2.03. The first-order valence-corrected chi connectivity index (χ1v) is 10.8. The third kappa shape index (κ3) is 11.2. The number of esters is 2. The van der Waals surface area contributed by atoms with Gasteiger partial charge >= 0.3 is 11.9 Å². The van der Waals surface area contributed by atoms with Crippen LogP contribution in [0.25, 0.3) is 0 Å². The first-order chi connectivity index (χ1) is 14.7. The van der Waals surface area contributed by atoms with E-state index in [1.165, 1.54) is 0 Å². The second-order valence-electron chi connectivity index (χ2n) is 7.26. The summed E-state index contributed by atoms with van der Waals surface area (Å²) < 4.78 is 10.5. The van der Waals surface area contributed by atoms with Gasteiger partial charge in [-0.15, -0.1) is 0 Å². The maximum atomic E-state index is 11.7. The smallest absolute Gasteiger partial charge is 0.306 e. The van der Waals surface area contributed by atoms with Crippen molar-refractivity contribution in [1.82, 2.24) is 0 Å². The van der Waals surface area contributed by atoms with E-state index in [2.05, 4.69) is 12.2 Å². The van der Waals surface area contributed by atoms with Crippen molar-refractivity contribution in [3.05, 3.63) is 83.9 Å². The Labute approximate surface area is 179 Å². The fraction of sp³-hybridized carbons (Fsp3) is 0.385. The second kappa shape index (κ2) is 15.0. The summed E-state index contributed by atoms with van der Waals surface area (Å²) in [6.45, 7) is 0.693. The number of ether oxygens (including phenoxy) is 2. The van der Waals surface area contributed by atoms with Gasteiger partial charge in [0.05, 0.1) is 0 Å². The van der Waals surface area contributed by atoms with E-state index in [1.807, 2.05) is 60.7 Å². The predicted molar refractivity (Wildman–Crippen MR) is 119 cm³/mol. The van der Waals surface area contributed by atoms with Crippen molar-refractivity contribution in [1.29, 1.82) is 0 Å². The molecule has 0 spiro atoms. The van der Waals surface area contributed by atoms with Crippen molar-refractivity contribution >= 4 is 11.9 Å². The van der Waals surface area contributed by atoms with Crippen molar-refractivity contribution in [2.24, 2.45) is 0 Å². The molecule has 0 N–H and O–H groups in total. The van der Waals surface area contributed by atoms with Crippen LogP contribution in [-0.4, -0.2) is 11.9 Å². The Balaban J connectivity index is 1.39. The summed E-state index contributed by atoms with van der Waals surface area (Å²) in [5, 5.41) is 0. The lowest BCUT2D eigenvalue weighted by molar-refractivity contribution is -0.146. The molecule has 2 aromatic rings. The van der Waals surface area contributed by atoms with E-state index in [4.69, 9.17) is 9.47 Å². The van der Waals surface area contributed by atoms with Gasteiger partial charge in [-0.3, -0.25) is 9.59 Å². The SMILES string of the molecule is O=C(CCCC/C=C/CCCCC(=O)OCc1ccccc1)OCc1ccccc1.